The van der Waals surface area contributed by atoms with Crippen molar-refractivity contribution < 1.29 is 4.42 Å². The Balaban J connectivity index is 1.80. The molecule has 0 bridgehead atoms. The van der Waals surface area contributed by atoms with Gasteiger partial charge in [0.2, 0.25) is 12.3 Å². The molecule has 0 spiro atoms. The summed E-state index contributed by atoms with van der Waals surface area (Å²) in [7, 11) is 0. The Morgan fingerprint density at radius 1 is 1.32 bits per heavy atom. The first kappa shape index (κ1) is 12.2. The predicted octanol–water partition coefficient (Wildman–Crippen LogP) is 3.65. The van der Waals surface area contributed by atoms with Crippen LogP contribution in [0, 0.1) is 12.8 Å². The summed E-state index contributed by atoms with van der Waals surface area (Å²) < 4.78 is 5.22. The van der Waals surface area contributed by atoms with Crippen molar-refractivity contribution >= 4 is 5.69 Å². The van der Waals surface area contributed by atoms with Gasteiger partial charge in [0.25, 0.3) is 0 Å². The Morgan fingerprint density at radius 2 is 2.21 bits per heavy atom. The molecule has 1 aromatic carbocycles. The minimum absolute atomic E-state index is 0.573. The number of rotatable bonds is 3. The molecule has 1 heterocycles. The molecule has 3 rings (SSSR count). The van der Waals surface area contributed by atoms with Crippen LogP contribution in [0.1, 0.15) is 31.7 Å². The van der Waals surface area contributed by atoms with Crippen LogP contribution in [0.5, 0.6) is 0 Å². The predicted molar refractivity (Wildman–Crippen MR) is 74.9 cm³/mol. The maximum Gasteiger partial charge on any atom is 0.247 e. The van der Waals surface area contributed by atoms with E-state index in [-0.39, 0.29) is 0 Å². The lowest BCUT2D eigenvalue weighted by atomic mass is 10.0. The van der Waals surface area contributed by atoms with Gasteiger partial charge in [-0.25, -0.2) is 0 Å². The fourth-order valence-corrected chi connectivity index (χ4v) is 2.82. The molecule has 2 atom stereocenters. The first-order valence-corrected chi connectivity index (χ1v) is 6.88. The molecule has 4 nitrogen and oxygen atoms in total. The number of aryl methyl sites for hydroxylation is 1. The lowest BCUT2D eigenvalue weighted by molar-refractivity contribution is 0.556. The van der Waals surface area contributed by atoms with Crippen LogP contribution < -0.4 is 5.32 Å². The van der Waals surface area contributed by atoms with Gasteiger partial charge in [-0.15, -0.1) is 10.2 Å². The van der Waals surface area contributed by atoms with Crippen LogP contribution in [0.25, 0.3) is 11.5 Å². The molecular weight excluding hydrogens is 238 g/mol. The van der Waals surface area contributed by atoms with E-state index >= 15 is 0 Å². The van der Waals surface area contributed by atoms with Crippen LogP contribution in [0.3, 0.4) is 0 Å². The van der Waals surface area contributed by atoms with Crippen molar-refractivity contribution in [3.63, 3.8) is 0 Å². The quantitative estimate of drug-likeness (QED) is 0.912. The Bertz CT molecular complexity index is 551. The van der Waals surface area contributed by atoms with E-state index < -0.39 is 0 Å². The SMILES string of the molecule is Cc1cc(-c2nnco2)ccc1NC1CCCC1C. The highest BCUT2D eigenvalue weighted by atomic mass is 16.4. The van der Waals surface area contributed by atoms with Gasteiger partial charge in [0.05, 0.1) is 0 Å². The van der Waals surface area contributed by atoms with Gasteiger partial charge in [-0.1, -0.05) is 13.3 Å². The van der Waals surface area contributed by atoms with Gasteiger partial charge in [-0.3, -0.25) is 0 Å². The Labute approximate surface area is 113 Å². The summed E-state index contributed by atoms with van der Waals surface area (Å²) in [4.78, 5) is 0. The van der Waals surface area contributed by atoms with E-state index in [1.54, 1.807) is 0 Å². The number of hydrogen-bond donors (Lipinski definition) is 1. The maximum absolute atomic E-state index is 5.22. The maximum atomic E-state index is 5.22. The molecule has 0 amide bonds. The van der Waals surface area contributed by atoms with Crippen molar-refractivity contribution in [2.45, 2.75) is 39.2 Å². The second kappa shape index (κ2) is 5.03. The largest absolute Gasteiger partial charge is 0.423 e. The van der Waals surface area contributed by atoms with Gasteiger partial charge in [0.1, 0.15) is 0 Å². The van der Waals surface area contributed by atoms with E-state index in [0.29, 0.717) is 11.9 Å². The fraction of sp³-hybridized carbons (Fsp3) is 0.467. The van der Waals surface area contributed by atoms with Crippen LogP contribution in [-0.2, 0) is 0 Å². The second-order valence-corrected chi connectivity index (χ2v) is 5.43. The minimum Gasteiger partial charge on any atom is -0.423 e. The second-order valence-electron chi connectivity index (χ2n) is 5.43. The Kier molecular flexibility index (Phi) is 3.23. The number of nitrogens with zero attached hydrogens (tertiary/aromatic N) is 2. The summed E-state index contributed by atoms with van der Waals surface area (Å²) in [5.41, 5.74) is 3.40. The highest BCUT2D eigenvalue weighted by Crippen LogP contribution is 2.30. The molecule has 2 unspecified atom stereocenters. The van der Waals surface area contributed by atoms with Gasteiger partial charge < -0.3 is 9.73 Å². The van der Waals surface area contributed by atoms with Crippen molar-refractivity contribution in [3.05, 3.63) is 30.2 Å². The van der Waals surface area contributed by atoms with E-state index in [9.17, 15) is 0 Å². The van der Waals surface area contributed by atoms with Crippen molar-refractivity contribution in [1.29, 1.82) is 0 Å². The molecule has 4 heteroatoms. The highest BCUT2D eigenvalue weighted by Gasteiger charge is 2.23. The van der Waals surface area contributed by atoms with Crippen LogP contribution in [-0.4, -0.2) is 16.2 Å². The Hall–Kier alpha value is -1.84. The summed E-state index contributed by atoms with van der Waals surface area (Å²) in [5.74, 6) is 1.33. The summed E-state index contributed by atoms with van der Waals surface area (Å²) in [6.07, 6.45) is 5.29. The molecular formula is C15H19N3O. The zero-order valence-corrected chi connectivity index (χ0v) is 11.4. The van der Waals surface area contributed by atoms with Gasteiger partial charge >= 0.3 is 0 Å². The summed E-state index contributed by atoms with van der Waals surface area (Å²) >= 11 is 0. The standard InChI is InChI=1S/C15H19N3O/c1-10-4-3-5-13(10)17-14-7-6-12(8-11(14)2)15-18-16-9-19-15/h6-10,13,17H,3-5H2,1-2H3. The monoisotopic (exact) mass is 257 g/mol. The number of hydrogen-bond acceptors (Lipinski definition) is 4. The Morgan fingerprint density at radius 3 is 2.84 bits per heavy atom. The third-order valence-corrected chi connectivity index (χ3v) is 4.04. The van der Waals surface area contributed by atoms with E-state index in [1.165, 1.54) is 36.9 Å². The van der Waals surface area contributed by atoms with E-state index in [2.05, 4.69) is 41.5 Å². The fourth-order valence-electron chi connectivity index (χ4n) is 2.82. The molecule has 0 saturated heterocycles. The van der Waals surface area contributed by atoms with Crippen molar-refractivity contribution in [1.82, 2.24) is 10.2 Å². The van der Waals surface area contributed by atoms with Crippen LogP contribution in [0.4, 0.5) is 5.69 Å². The molecule has 0 aliphatic heterocycles. The number of benzene rings is 1. The lowest BCUT2D eigenvalue weighted by Crippen LogP contribution is -2.22. The average Bonchev–Trinajstić information content (AvgIpc) is 3.04. The number of aromatic nitrogens is 2. The molecule has 0 radical (unpaired) electrons. The normalized spacial score (nSPS) is 22.6. The van der Waals surface area contributed by atoms with Gasteiger partial charge in [-0.2, -0.15) is 0 Å². The molecule has 100 valence electrons. The minimum atomic E-state index is 0.573. The topological polar surface area (TPSA) is 51.0 Å². The lowest BCUT2D eigenvalue weighted by Gasteiger charge is -2.20. The molecule has 1 aromatic heterocycles. The van der Waals surface area contributed by atoms with Crippen molar-refractivity contribution in [3.8, 4) is 11.5 Å². The summed E-state index contributed by atoms with van der Waals surface area (Å²) in [6.45, 7) is 4.44. The van der Waals surface area contributed by atoms with E-state index in [0.717, 1.165) is 11.5 Å². The zero-order valence-electron chi connectivity index (χ0n) is 11.4. The summed E-state index contributed by atoms with van der Waals surface area (Å²) in [5, 5.41) is 11.3. The molecule has 19 heavy (non-hydrogen) atoms. The summed E-state index contributed by atoms with van der Waals surface area (Å²) in [6, 6.07) is 6.84. The molecule has 1 aliphatic carbocycles. The molecule has 1 saturated carbocycles. The van der Waals surface area contributed by atoms with Crippen LogP contribution in [0.15, 0.2) is 29.0 Å². The molecule has 1 aliphatic rings. The van der Waals surface area contributed by atoms with Crippen LogP contribution >= 0.6 is 0 Å². The van der Waals surface area contributed by atoms with Crippen molar-refractivity contribution in [2.24, 2.45) is 5.92 Å². The van der Waals surface area contributed by atoms with Gasteiger partial charge in [-0.05, 0) is 49.4 Å². The number of nitrogens with one attached hydrogen (secondary N) is 1. The number of anilines is 1. The average molecular weight is 257 g/mol. The molecule has 2 aromatic rings. The molecule has 1 fully saturated rings. The van der Waals surface area contributed by atoms with E-state index in [1.807, 2.05) is 6.07 Å². The first-order chi connectivity index (χ1) is 9.24. The first-order valence-electron chi connectivity index (χ1n) is 6.88. The highest BCUT2D eigenvalue weighted by molar-refractivity contribution is 5.62. The van der Waals surface area contributed by atoms with Crippen molar-refractivity contribution in [2.75, 3.05) is 5.32 Å². The van der Waals surface area contributed by atoms with E-state index in [4.69, 9.17) is 4.42 Å². The third-order valence-electron chi connectivity index (χ3n) is 4.04. The van der Waals surface area contributed by atoms with Gasteiger partial charge in [0.15, 0.2) is 0 Å². The zero-order chi connectivity index (χ0) is 13.2. The smallest absolute Gasteiger partial charge is 0.247 e. The van der Waals surface area contributed by atoms with Gasteiger partial charge in [0, 0.05) is 17.3 Å². The van der Waals surface area contributed by atoms with Crippen LogP contribution in [0.2, 0.25) is 0 Å². The third kappa shape index (κ3) is 2.48. The molecule has 1 N–H and O–H groups in total.